The number of hydrogen-bond donors (Lipinski definition) is 3. The lowest BCUT2D eigenvalue weighted by Gasteiger charge is -2.11. The van der Waals surface area contributed by atoms with Crippen LogP contribution in [0.25, 0.3) is 16.6 Å². The van der Waals surface area contributed by atoms with Crippen molar-refractivity contribution in [1.82, 2.24) is 15.0 Å². The van der Waals surface area contributed by atoms with Gasteiger partial charge in [0.1, 0.15) is 23.7 Å². The van der Waals surface area contributed by atoms with Crippen LogP contribution < -0.4 is 0 Å². The van der Waals surface area contributed by atoms with Crippen molar-refractivity contribution in [3.63, 3.8) is 0 Å². The third-order valence-corrected chi connectivity index (χ3v) is 4.69. The quantitative estimate of drug-likeness (QED) is 0.581. The molecule has 0 fully saturated rings. The molecule has 3 aromatic rings. The van der Waals surface area contributed by atoms with E-state index in [-0.39, 0.29) is 18.1 Å². The van der Waals surface area contributed by atoms with Gasteiger partial charge in [-0.1, -0.05) is 41.4 Å². The molecule has 0 unspecified atom stereocenters. The summed E-state index contributed by atoms with van der Waals surface area (Å²) in [5.74, 6) is 0.500. The molecule has 0 amide bonds. The topological polar surface area (TPSA) is 88.4 Å². The molecular weight excluding hydrogens is 373 g/mol. The van der Waals surface area contributed by atoms with Crippen molar-refractivity contribution < 1.29 is 5.11 Å². The zero-order valence-corrected chi connectivity index (χ0v) is 14.9. The Morgan fingerprint density at radius 2 is 1.88 bits per heavy atom. The molecule has 0 bridgehead atoms. The minimum Gasteiger partial charge on any atom is -0.509 e. The minimum absolute atomic E-state index is 0.0245. The van der Waals surface area contributed by atoms with Crippen LogP contribution in [0.2, 0.25) is 10.0 Å². The van der Waals surface area contributed by atoms with E-state index in [9.17, 15) is 5.11 Å². The van der Waals surface area contributed by atoms with E-state index in [1.54, 1.807) is 18.2 Å². The molecule has 6 nitrogen and oxygen atoms in total. The zero-order chi connectivity index (χ0) is 18.3. The summed E-state index contributed by atoms with van der Waals surface area (Å²) in [5, 5.41) is 25.2. The number of aromatic amines is 1. The average Bonchev–Trinajstić information content (AvgIpc) is 3.14. The lowest BCUT2D eigenvalue weighted by Crippen LogP contribution is -2.21. The molecule has 0 radical (unpaired) electrons. The van der Waals surface area contributed by atoms with Crippen LogP contribution in [0.4, 0.5) is 0 Å². The van der Waals surface area contributed by atoms with E-state index in [2.05, 4.69) is 15.1 Å². The molecule has 1 aliphatic rings. The molecule has 130 valence electrons. The normalized spacial score (nSPS) is 15.0. The Morgan fingerprint density at radius 1 is 1.15 bits per heavy atom. The highest BCUT2D eigenvalue weighted by Crippen LogP contribution is 2.28. The molecule has 0 spiro atoms. The van der Waals surface area contributed by atoms with Crippen LogP contribution in [0, 0.1) is 5.41 Å². The third kappa shape index (κ3) is 2.83. The Bertz CT molecular complexity index is 1030. The number of hydrazone groups is 1. The largest absolute Gasteiger partial charge is 0.509 e. The Labute approximate surface area is 158 Å². The van der Waals surface area contributed by atoms with Gasteiger partial charge in [-0.15, -0.1) is 0 Å². The van der Waals surface area contributed by atoms with Crippen molar-refractivity contribution in [3.05, 3.63) is 69.7 Å². The highest BCUT2D eigenvalue weighted by Gasteiger charge is 2.30. The van der Waals surface area contributed by atoms with E-state index >= 15 is 0 Å². The van der Waals surface area contributed by atoms with Gasteiger partial charge in [-0.05, 0) is 24.3 Å². The fourth-order valence-electron chi connectivity index (χ4n) is 2.75. The molecule has 0 aliphatic carbocycles. The maximum absolute atomic E-state index is 10.3. The first-order valence-corrected chi connectivity index (χ1v) is 8.52. The number of nitrogens with zero attached hydrogens (tertiary/aromatic N) is 3. The van der Waals surface area contributed by atoms with Gasteiger partial charge in [-0.2, -0.15) is 5.10 Å². The molecule has 2 aromatic carbocycles. The predicted molar refractivity (Wildman–Crippen MR) is 104 cm³/mol. The number of H-pyrrole nitrogens is 1. The molecule has 0 atom stereocenters. The van der Waals surface area contributed by atoms with Gasteiger partial charge >= 0.3 is 0 Å². The highest BCUT2D eigenvalue weighted by atomic mass is 35.5. The molecule has 0 saturated heterocycles. The predicted octanol–water partition coefficient (Wildman–Crippen LogP) is 4.47. The maximum Gasteiger partial charge on any atom is 0.156 e. The minimum atomic E-state index is 0.0245. The summed E-state index contributed by atoms with van der Waals surface area (Å²) in [6.45, 7) is 0.0732. The van der Waals surface area contributed by atoms with Crippen LogP contribution in [0.5, 0.6) is 0 Å². The van der Waals surface area contributed by atoms with Gasteiger partial charge in [-0.3, -0.25) is 5.41 Å². The van der Waals surface area contributed by atoms with Crippen LogP contribution in [0.1, 0.15) is 11.4 Å². The van der Waals surface area contributed by atoms with E-state index in [0.29, 0.717) is 27.0 Å². The van der Waals surface area contributed by atoms with Crippen LogP contribution in [-0.2, 0) is 0 Å². The van der Waals surface area contributed by atoms with Gasteiger partial charge in [0, 0.05) is 5.56 Å². The number of hydrogen-bond acceptors (Lipinski definition) is 4. The van der Waals surface area contributed by atoms with Crippen LogP contribution in [0.15, 0.2) is 53.3 Å². The van der Waals surface area contributed by atoms with Crippen LogP contribution in [0.3, 0.4) is 0 Å². The summed E-state index contributed by atoms with van der Waals surface area (Å²) < 4.78 is 0. The first kappa shape index (κ1) is 16.6. The Hall–Kier alpha value is -2.83. The number of imidazole rings is 1. The first-order chi connectivity index (χ1) is 12.5. The fraction of sp³-hybridized carbons (Fsp3) is 0.0556. The highest BCUT2D eigenvalue weighted by molar-refractivity contribution is 6.38. The first-order valence-electron chi connectivity index (χ1n) is 7.76. The Morgan fingerprint density at radius 3 is 2.62 bits per heavy atom. The van der Waals surface area contributed by atoms with E-state index in [0.717, 1.165) is 11.0 Å². The number of fused-ring (bicyclic) bond motifs is 1. The van der Waals surface area contributed by atoms with Crippen LogP contribution in [-0.4, -0.2) is 38.7 Å². The molecule has 26 heavy (non-hydrogen) atoms. The third-order valence-electron chi connectivity index (χ3n) is 4.04. The maximum atomic E-state index is 10.3. The van der Waals surface area contributed by atoms with Crippen molar-refractivity contribution >= 4 is 51.9 Å². The number of halogens is 2. The van der Waals surface area contributed by atoms with Crippen molar-refractivity contribution in [2.24, 2.45) is 5.10 Å². The second-order valence-corrected chi connectivity index (χ2v) is 6.52. The summed E-state index contributed by atoms with van der Waals surface area (Å²) >= 11 is 12.3. The average molecular weight is 386 g/mol. The summed E-state index contributed by atoms with van der Waals surface area (Å²) in [5.41, 5.74) is 2.48. The molecule has 8 heteroatoms. The molecular formula is C18H13Cl2N5O. The number of para-hydroxylation sites is 2. The van der Waals surface area contributed by atoms with E-state index < -0.39 is 0 Å². The molecule has 1 aliphatic heterocycles. The SMILES string of the molecule is N=C1C(c2nc3ccccc3[nH]2)=C(O)CN1/N=C\c1c(Cl)cccc1Cl. The summed E-state index contributed by atoms with van der Waals surface area (Å²) in [6.07, 6.45) is 1.48. The number of benzene rings is 2. The van der Waals surface area contributed by atoms with Gasteiger partial charge < -0.3 is 10.1 Å². The van der Waals surface area contributed by atoms with Crippen molar-refractivity contribution in [3.8, 4) is 0 Å². The number of aliphatic hydroxyl groups excluding tert-OH is 1. The molecule has 0 saturated carbocycles. The van der Waals surface area contributed by atoms with Crippen LogP contribution >= 0.6 is 23.2 Å². The molecule has 1 aromatic heterocycles. The summed E-state index contributed by atoms with van der Waals surface area (Å²) in [7, 11) is 0. The van der Waals surface area contributed by atoms with E-state index in [1.165, 1.54) is 11.2 Å². The summed E-state index contributed by atoms with van der Waals surface area (Å²) in [4.78, 5) is 7.56. The van der Waals surface area contributed by atoms with Crippen molar-refractivity contribution in [2.75, 3.05) is 6.54 Å². The van der Waals surface area contributed by atoms with Gasteiger partial charge in [0.25, 0.3) is 0 Å². The number of rotatable bonds is 3. The Balaban J connectivity index is 1.63. The molecule has 4 rings (SSSR count). The number of aromatic nitrogens is 2. The van der Waals surface area contributed by atoms with Gasteiger partial charge in [-0.25, -0.2) is 9.99 Å². The molecule has 3 N–H and O–H groups in total. The van der Waals surface area contributed by atoms with Crippen molar-refractivity contribution in [1.29, 1.82) is 5.41 Å². The van der Waals surface area contributed by atoms with E-state index in [1.807, 2.05) is 24.3 Å². The number of amidine groups is 1. The van der Waals surface area contributed by atoms with Gasteiger partial charge in [0.2, 0.25) is 0 Å². The number of aliphatic hydroxyl groups is 1. The lowest BCUT2D eigenvalue weighted by atomic mass is 10.2. The monoisotopic (exact) mass is 385 g/mol. The fourth-order valence-corrected chi connectivity index (χ4v) is 3.24. The second-order valence-electron chi connectivity index (χ2n) is 5.71. The van der Waals surface area contributed by atoms with Gasteiger partial charge in [0.15, 0.2) is 5.84 Å². The zero-order valence-electron chi connectivity index (χ0n) is 13.4. The van der Waals surface area contributed by atoms with E-state index in [4.69, 9.17) is 28.6 Å². The summed E-state index contributed by atoms with van der Waals surface area (Å²) in [6, 6.07) is 12.7. The Kier molecular flexibility index (Phi) is 4.14. The molecule has 2 heterocycles. The second kappa shape index (κ2) is 6.48. The van der Waals surface area contributed by atoms with Crippen molar-refractivity contribution in [2.45, 2.75) is 0 Å². The standard InChI is InChI=1S/C18H13Cl2N5O/c19-11-4-3-5-12(20)10(11)8-22-25-9-15(26)16(17(25)21)18-23-13-6-1-2-7-14(13)24-18/h1-8,21,26H,9H2,(H,23,24)/b21-17?,22-8-. The smallest absolute Gasteiger partial charge is 0.156 e. The lowest BCUT2D eigenvalue weighted by molar-refractivity contribution is 0.358. The van der Waals surface area contributed by atoms with Gasteiger partial charge in [0.05, 0.1) is 27.3 Å². The number of nitrogens with one attached hydrogen (secondary N) is 2.